The average Bonchev–Trinajstić information content (AvgIpc) is 2.92. The first kappa shape index (κ1) is 19.7. The molecule has 0 unspecified atom stereocenters. The normalized spacial score (nSPS) is 19.2. The average molecular weight is 373 g/mol. The van der Waals surface area contributed by atoms with E-state index in [4.69, 9.17) is 11.6 Å². The van der Waals surface area contributed by atoms with Crippen LogP contribution in [0.5, 0.6) is 0 Å². The van der Waals surface area contributed by atoms with E-state index in [9.17, 15) is 8.42 Å². The Morgan fingerprint density at radius 3 is 2.67 bits per heavy atom. The maximum atomic E-state index is 12.1. The van der Waals surface area contributed by atoms with Crippen LogP contribution in [0, 0.1) is 5.92 Å². The molecule has 0 spiro atoms. The Bertz CT molecular complexity index is 602. The molecule has 136 valence electrons. The van der Waals surface area contributed by atoms with Gasteiger partial charge < -0.3 is 4.90 Å². The van der Waals surface area contributed by atoms with Crippen molar-refractivity contribution < 1.29 is 8.42 Å². The molecule has 1 N–H and O–H groups in total. The molecule has 1 aliphatic rings. The van der Waals surface area contributed by atoms with Gasteiger partial charge in [0.05, 0.1) is 5.75 Å². The highest BCUT2D eigenvalue weighted by molar-refractivity contribution is 7.88. The number of sulfonamides is 1. The van der Waals surface area contributed by atoms with Crippen LogP contribution in [-0.2, 0) is 15.8 Å². The van der Waals surface area contributed by atoms with E-state index >= 15 is 0 Å². The van der Waals surface area contributed by atoms with Crippen molar-refractivity contribution in [1.82, 2.24) is 9.62 Å². The van der Waals surface area contributed by atoms with E-state index in [2.05, 4.69) is 23.5 Å². The van der Waals surface area contributed by atoms with Crippen molar-refractivity contribution in [2.45, 2.75) is 51.3 Å². The lowest BCUT2D eigenvalue weighted by Gasteiger charge is -2.26. The number of hydrogen-bond acceptors (Lipinski definition) is 3. The summed E-state index contributed by atoms with van der Waals surface area (Å²) in [5.74, 6) is 0.691. The highest BCUT2D eigenvalue weighted by Gasteiger charge is 2.24. The molecule has 4 nitrogen and oxygen atoms in total. The number of halogens is 1. The van der Waals surface area contributed by atoms with Crippen molar-refractivity contribution in [3.63, 3.8) is 0 Å². The zero-order valence-corrected chi connectivity index (χ0v) is 16.2. The third-order valence-corrected chi connectivity index (χ3v) is 6.01. The van der Waals surface area contributed by atoms with Crippen LogP contribution in [0.1, 0.15) is 45.1 Å². The van der Waals surface area contributed by atoms with Gasteiger partial charge in [-0.25, -0.2) is 13.1 Å². The van der Waals surface area contributed by atoms with Crippen LogP contribution in [0.3, 0.4) is 0 Å². The molecule has 0 amide bonds. The Kier molecular flexibility index (Phi) is 7.54. The summed E-state index contributed by atoms with van der Waals surface area (Å²) in [5.41, 5.74) is 0.755. The molecule has 24 heavy (non-hydrogen) atoms. The predicted molar refractivity (Wildman–Crippen MR) is 101 cm³/mol. The van der Waals surface area contributed by atoms with E-state index in [0.717, 1.165) is 24.9 Å². The Labute approximate surface area is 151 Å². The van der Waals surface area contributed by atoms with Gasteiger partial charge in [-0.15, -0.1) is 0 Å². The van der Waals surface area contributed by atoms with Crippen LogP contribution in [0.2, 0.25) is 5.02 Å². The van der Waals surface area contributed by atoms with Gasteiger partial charge in [-0.3, -0.25) is 0 Å². The van der Waals surface area contributed by atoms with Crippen LogP contribution >= 0.6 is 11.6 Å². The van der Waals surface area contributed by atoms with Gasteiger partial charge >= 0.3 is 0 Å². The van der Waals surface area contributed by atoms with E-state index in [0.29, 0.717) is 23.5 Å². The zero-order valence-electron chi connectivity index (χ0n) is 14.7. The Morgan fingerprint density at radius 1 is 1.29 bits per heavy atom. The summed E-state index contributed by atoms with van der Waals surface area (Å²) in [7, 11) is -3.28. The fourth-order valence-corrected chi connectivity index (χ4v) is 4.66. The molecule has 1 atom stereocenters. The zero-order chi connectivity index (χ0) is 17.6. The molecule has 1 saturated heterocycles. The summed E-state index contributed by atoms with van der Waals surface area (Å²) < 4.78 is 27.0. The van der Waals surface area contributed by atoms with Crippen molar-refractivity contribution >= 4 is 21.6 Å². The third kappa shape index (κ3) is 6.71. The van der Waals surface area contributed by atoms with Crippen LogP contribution in [-0.4, -0.2) is 39.0 Å². The van der Waals surface area contributed by atoms with E-state index in [1.807, 2.05) is 0 Å². The molecule has 0 radical (unpaired) electrons. The monoisotopic (exact) mass is 372 g/mol. The van der Waals surface area contributed by atoms with Crippen LogP contribution in [0.25, 0.3) is 0 Å². The second-order valence-corrected chi connectivity index (χ2v) is 9.35. The molecule has 6 heteroatoms. The Hall–Kier alpha value is -0.620. The van der Waals surface area contributed by atoms with Gasteiger partial charge in [0.25, 0.3) is 0 Å². The second kappa shape index (κ2) is 9.18. The summed E-state index contributed by atoms with van der Waals surface area (Å²) >= 11 is 5.82. The van der Waals surface area contributed by atoms with Gasteiger partial charge in [-0.05, 0) is 55.8 Å². The number of rotatable bonds is 9. The molecule has 0 aromatic heterocycles. The highest BCUT2D eigenvalue weighted by atomic mass is 35.5. The van der Waals surface area contributed by atoms with Gasteiger partial charge in [-0.2, -0.15) is 0 Å². The summed E-state index contributed by atoms with van der Waals surface area (Å²) in [6.45, 7) is 7.35. The highest BCUT2D eigenvalue weighted by Crippen LogP contribution is 2.22. The number of nitrogens with zero attached hydrogens (tertiary/aromatic N) is 1. The fraction of sp³-hybridized carbons (Fsp3) is 0.667. The molecule has 1 heterocycles. The topological polar surface area (TPSA) is 49.4 Å². The molecular formula is C18H29ClN2O2S. The first-order valence-electron chi connectivity index (χ1n) is 8.81. The van der Waals surface area contributed by atoms with Crippen LogP contribution in [0.4, 0.5) is 0 Å². The predicted octanol–water partition coefficient (Wildman–Crippen LogP) is 3.66. The maximum Gasteiger partial charge on any atom is 0.215 e. The number of likely N-dealkylation sites (tertiary alicyclic amines) is 1. The third-order valence-electron chi connectivity index (χ3n) is 4.40. The summed E-state index contributed by atoms with van der Waals surface area (Å²) in [6, 6.07) is 7.56. The lowest BCUT2D eigenvalue weighted by atomic mass is 10.1. The smallest absolute Gasteiger partial charge is 0.215 e. The largest absolute Gasteiger partial charge is 0.300 e. The SMILES string of the molecule is CC(C)CN1CCC[C@H]1CCCNS(=O)(=O)Cc1ccc(Cl)cc1. The Morgan fingerprint density at radius 2 is 2.00 bits per heavy atom. The maximum absolute atomic E-state index is 12.1. The number of benzene rings is 1. The molecule has 1 aromatic carbocycles. The van der Waals surface area contributed by atoms with Gasteiger partial charge in [0.1, 0.15) is 0 Å². The molecule has 1 aromatic rings. The molecule has 2 rings (SSSR count). The summed E-state index contributed by atoms with van der Waals surface area (Å²) in [5, 5.41) is 0.617. The minimum Gasteiger partial charge on any atom is -0.300 e. The molecule has 1 aliphatic heterocycles. The molecule has 0 saturated carbocycles. The van der Waals surface area contributed by atoms with Gasteiger partial charge in [0, 0.05) is 24.2 Å². The van der Waals surface area contributed by atoms with Gasteiger partial charge in [0.2, 0.25) is 10.0 Å². The molecular weight excluding hydrogens is 344 g/mol. The number of nitrogens with one attached hydrogen (secondary N) is 1. The Balaban J connectivity index is 1.72. The molecule has 0 aliphatic carbocycles. The second-order valence-electron chi connectivity index (χ2n) is 7.11. The quantitative estimate of drug-likeness (QED) is 0.673. The van der Waals surface area contributed by atoms with Crippen molar-refractivity contribution in [3.05, 3.63) is 34.9 Å². The molecule has 1 fully saturated rings. The van der Waals surface area contributed by atoms with E-state index in [-0.39, 0.29) is 5.75 Å². The van der Waals surface area contributed by atoms with E-state index in [1.54, 1.807) is 24.3 Å². The van der Waals surface area contributed by atoms with E-state index in [1.165, 1.54) is 19.4 Å². The minimum atomic E-state index is -3.28. The summed E-state index contributed by atoms with van der Waals surface area (Å²) in [4.78, 5) is 2.56. The first-order valence-corrected chi connectivity index (χ1v) is 10.8. The van der Waals surface area contributed by atoms with E-state index < -0.39 is 10.0 Å². The minimum absolute atomic E-state index is 0.00702. The summed E-state index contributed by atoms with van der Waals surface area (Å²) in [6.07, 6.45) is 4.46. The fourth-order valence-electron chi connectivity index (χ4n) is 3.35. The lowest BCUT2D eigenvalue weighted by molar-refractivity contribution is 0.215. The van der Waals surface area contributed by atoms with Crippen molar-refractivity contribution in [3.8, 4) is 0 Å². The molecule has 0 bridgehead atoms. The van der Waals surface area contributed by atoms with Crippen LogP contribution in [0.15, 0.2) is 24.3 Å². The number of hydrogen-bond donors (Lipinski definition) is 1. The van der Waals surface area contributed by atoms with Crippen molar-refractivity contribution in [2.75, 3.05) is 19.6 Å². The van der Waals surface area contributed by atoms with Crippen LogP contribution < -0.4 is 4.72 Å². The van der Waals surface area contributed by atoms with Gasteiger partial charge in [-0.1, -0.05) is 37.6 Å². The van der Waals surface area contributed by atoms with Crippen molar-refractivity contribution in [2.24, 2.45) is 5.92 Å². The lowest BCUT2D eigenvalue weighted by Crippen LogP contribution is -2.33. The standard InChI is InChI=1S/C18H29ClN2O2S/c1-15(2)13-21-12-4-6-18(21)5-3-11-20-24(22,23)14-16-7-9-17(19)10-8-16/h7-10,15,18,20H,3-6,11-14H2,1-2H3/t18-/m1/s1. The van der Waals surface area contributed by atoms with Gasteiger partial charge in [0.15, 0.2) is 0 Å². The first-order chi connectivity index (χ1) is 11.4. The van der Waals surface area contributed by atoms with Crippen molar-refractivity contribution in [1.29, 1.82) is 0 Å².